The van der Waals surface area contributed by atoms with Crippen LogP contribution < -0.4 is 4.74 Å². The number of halogens is 2. The van der Waals surface area contributed by atoms with E-state index in [-0.39, 0.29) is 10.6 Å². The van der Waals surface area contributed by atoms with Gasteiger partial charge in [0.05, 0.1) is 11.9 Å². The number of hydrogen-bond acceptors (Lipinski definition) is 1. The molecule has 0 heterocycles. The predicted molar refractivity (Wildman–Crippen MR) is 87.7 cm³/mol. The highest BCUT2D eigenvalue weighted by Gasteiger charge is 2.15. The Balaban J connectivity index is 2.01. The van der Waals surface area contributed by atoms with E-state index in [9.17, 15) is 4.39 Å². The molecule has 0 fully saturated rings. The number of methoxy groups -OCH3 is 1. The summed E-state index contributed by atoms with van der Waals surface area (Å²) in [6.45, 7) is 0. The van der Waals surface area contributed by atoms with Crippen molar-refractivity contribution in [2.45, 2.75) is 4.83 Å². The molecule has 0 saturated heterocycles. The van der Waals surface area contributed by atoms with Crippen LogP contribution in [-0.2, 0) is 0 Å². The van der Waals surface area contributed by atoms with Crippen molar-refractivity contribution in [3.05, 3.63) is 77.6 Å². The van der Waals surface area contributed by atoms with Crippen LogP contribution in [0.2, 0.25) is 0 Å². The molecular formula is C18H14BrFO. The van der Waals surface area contributed by atoms with Gasteiger partial charge < -0.3 is 4.74 Å². The van der Waals surface area contributed by atoms with Gasteiger partial charge in [-0.3, -0.25) is 0 Å². The fourth-order valence-corrected chi connectivity index (χ4v) is 3.04. The summed E-state index contributed by atoms with van der Waals surface area (Å²) in [5.74, 6) is 0.249. The first kappa shape index (κ1) is 14.1. The molecule has 1 nitrogen and oxygen atoms in total. The average Bonchev–Trinajstić information content (AvgIpc) is 2.53. The number of benzene rings is 3. The second kappa shape index (κ2) is 5.86. The molecule has 21 heavy (non-hydrogen) atoms. The largest absolute Gasteiger partial charge is 0.497 e. The van der Waals surface area contributed by atoms with E-state index in [2.05, 4.69) is 40.2 Å². The van der Waals surface area contributed by atoms with Crippen molar-refractivity contribution in [2.24, 2.45) is 0 Å². The summed E-state index contributed by atoms with van der Waals surface area (Å²) in [4.78, 5) is -0.187. The smallest absolute Gasteiger partial charge is 0.131 e. The minimum atomic E-state index is -0.274. The van der Waals surface area contributed by atoms with Crippen molar-refractivity contribution in [1.29, 1.82) is 0 Å². The third kappa shape index (κ3) is 2.79. The van der Waals surface area contributed by atoms with Crippen LogP contribution in [-0.4, -0.2) is 7.11 Å². The van der Waals surface area contributed by atoms with Crippen molar-refractivity contribution < 1.29 is 9.13 Å². The standard InChI is InChI=1S/C18H14BrFO/c1-21-15-8-9-16(17(20)11-15)18(19)14-7-6-12-4-2-3-5-13(12)10-14/h2-11,18H,1H3. The molecule has 0 N–H and O–H groups in total. The Labute approximate surface area is 131 Å². The molecule has 1 atom stereocenters. The van der Waals surface area contributed by atoms with Crippen LogP contribution in [0.3, 0.4) is 0 Å². The zero-order chi connectivity index (χ0) is 14.8. The summed E-state index contributed by atoms with van der Waals surface area (Å²) in [6, 6.07) is 19.2. The number of alkyl halides is 1. The Hall–Kier alpha value is -1.87. The minimum Gasteiger partial charge on any atom is -0.497 e. The normalized spacial score (nSPS) is 12.3. The van der Waals surface area contributed by atoms with Gasteiger partial charge in [-0.25, -0.2) is 4.39 Å². The van der Waals surface area contributed by atoms with E-state index in [4.69, 9.17) is 4.74 Å². The number of hydrogen-bond donors (Lipinski definition) is 0. The van der Waals surface area contributed by atoms with Crippen LogP contribution in [0.1, 0.15) is 16.0 Å². The molecule has 3 aromatic rings. The molecule has 0 radical (unpaired) electrons. The van der Waals surface area contributed by atoms with E-state index in [1.807, 2.05) is 18.2 Å². The summed E-state index contributed by atoms with van der Waals surface area (Å²) in [6.07, 6.45) is 0. The second-order valence-electron chi connectivity index (χ2n) is 4.86. The maximum Gasteiger partial charge on any atom is 0.131 e. The quantitative estimate of drug-likeness (QED) is 0.572. The van der Waals surface area contributed by atoms with Gasteiger partial charge >= 0.3 is 0 Å². The third-order valence-corrected chi connectivity index (χ3v) is 4.57. The SMILES string of the molecule is COc1ccc(C(Br)c2ccc3ccccc3c2)c(F)c1. The fraction of sp³-hybridized carbons (Fsp3) is 0.111. The van der Waals surface area contributed by atoms with Gasteiger partial charge in [0.25, 0.3) is 0 Å². The maximum absolute atomic E-state index is 14.2. The first-order valence-corrected chi connectivity index (χ1v) is 7.57. The molecule has 3 heteroatoms. The highest BCUT2D eigenvalue weighted by Crippen LogP contribution is 2.35. The molecule has 1 unspecified atom stereocenters. The molecule has 106 valence electrons. The van der Waals surface area contributed by atoms with Crippen LogP contribution in [0.25, 0.3) is 10.8 Å². The summed E-state index contributed by atoms with van der Waals surface area (Å²) in [5.41, 5.74) is 1.63. The van der Waals surface area contributed by atoms with Crippen molar-refractivity contribution in [3.63, 3.8) is 0 Å². The average molecular weight is 345 g/mol. The summed E-state index contributed by atoms with van der Waals surface area (Å²) < 4.78 is 19.2. The van der Waals surface area contributed by atoms with Gasteiger partial charge in [0.1, 0.15) is 11.6 Å². The molecule has 0 amide bonds. The second-order valence-corrected chi connectivity index (χ2v) is 5.77. The zero-order valence-electron chi connectivity index (χ0n) is 11.5. The lowest BCUT2D eigenvalue weighted by Gasteiger charge is -2.13. The molecular weight excluding hydrogens is 331 g/mol. The number of ether oxygens (including phenoxy) is 1. The predicted octanol–water partition coefficient (Wildman–Crippen LogP) is 5.47. The van der Waals surface area contributed by atoms with Crippen LogP contribution in [0.15, 0.2) is 60.7 Å². The zero-order valence-corrected chi connectivity index (χ0v) is 13.1. The van der Waals surface area contributed by atoms with E-state index in [1.54, 1.807) is 12.1 Å². The first-order chi connectivity index (χ1) is 10.2. The number of rotatable bonds is 3. The molecule has 0 aliphatic heterocycles. The highest BCUT2D eigenvalue weighted by atomic mass is 79.9. The molecule has 0 aliphatic carbocycles. The lowest BCUT2D eigenvalue weighted by Crippen LogP contribution is -1.97. The van der Waals surface area contributed by atoms with Gasteiger partial charge in [-0.05, 0) is 28.5 Å². The van der Waals surface area contributed by atoms with E-state index in [0.29, 0.717) is 11.3 Å². The van der Waals surface area contributed by atoms with Crippen LogP contribution in [0, 0.1) is 5.82 Å². The first-order valence-electron chi connectivity index (χ1n) is 6.65. The van der Waals surface area contributed by atoms with Crippen LogP contribution in [0.5, 0.6) is 5.75 Å². The molecule has 0 aromatic heterocycles. The topological polar surface area (TPSA) is 9.23 Å². The van der Waals surface area contributed by atoms with Gasteiger partial charge in [0, 0.05) is 11.6 Å². The van der Waals surface area contributed by atoms with Crippen molar-refractivity contribution in [3.8, 4) is 5.75 Å². The molecule has 0 aliphatic rings. The third-order valence-electron chi connectivity index (χ3n) is 3.55. The van der Waals surface area contributed by atoms with E-state index < -0.39 is 0 Å². The monoisotopic (exact) mass is 344 g/mol. The Morgan fingerprint density at radius 2 is 1.71 bits per heavy atom. The number of fused-ring (bicyclic) bond motifs is 1. The van der Waals surface area contributed by atoms with Crippen molar-refractivity contribution in [1.82, 2.24) is 0 Å². The van der Waals surface area contributed by atoms with Gasteiger partial charge in [-0.1, -0.05) is 58.4 Å². The molecule has 3 rings (SSSR count). The Bertz CT molecular complexity index is 785. The van der Waals surface area contributed by atoms with E-state index >= 15 is 0 Å². The molecule has 0 saturated carbocycles. The van der Waals surface area contributed by atoms with Crippen LogP contribution in [0.4, 0.5) is 4.39 Å². The lowest BCUT2D eigenvalue weighted by molar-refractivity contribution is 0.411. The highest BCUT2D eigenvalue weighted by molar-refractivity contribution is 9.09. The lowest BCUT2D eigenvalue weighted by atomic mass is 10.0. The van der Waals surface area contributed by atoms with Gasteiger partial charge in [-0.15, -0.1) is 0 Å². The summed E-state index contributed by atoms with van der Waals surface area (Å²) in [5, 5.41) is 2.32. The van der Waals surface area contributed by atoms with Crippen molar-refractivity contribution in [2.75, 3.05) is 7.11 Å². The van der Waals surface area contributed by atoms with E-state index in [1.165, 1.54) is 18.6 Å². The Morgan fingerprint density at radius 3 is 2.43 bits per heavy atom. The molecule has 0 spiro atoms. The molecule has 3 aromatic carbocycles. The maximum atomic E-state index is 14.2. The van der Waals surface area contributed by atoms with Crippen LogP contribution >= 0.6 is 15.9 Å². The van der Waals surface area contributed by atoms with Gasteiger partial charge in [-0.2, -0.15) is 0 Å². The van der Waals surface area contributed by atoms with Gasteiger partial charge in [0.15, 0.2) is 0 Å². The summed E-state index contributed by atoms with van der Waals surface area (Å²) in [7, 11) is 1.53. The Morgan fingerprint density at radius 1 is 0.952 bits per heavy atom. The minimum absolute atomic E-state index is 0.187. The van der Waals surface area contributed by atoms with Gasteiger partial charge in [0.2, 0.25) is 0 Å². The van der Waals surface area contributed by atoms with E-state index in [0.717, 1.165) is 10.9 Å². The fourth-order valence-electron chi connectivity index (χ4n) is 2.39. The van der Waals surface area contributed by atoms with Crippen molar-refractivity contribution >= 4 is 26.7 Å². The summed E-state index contributed by atoms with van der Waals surface area (Å²) >= 11 is 3.60. The molecule has 0 bridgehead atoms. The Kier molecular flexibility index (Phi) is 3.93.